The summed E-state index contributed by atoms with van der Waals surface area (Å²) >= 11 is 7.26. The van der Waals surface area contributed by atoms with Crippen LogP contribution in [-0.4, -0.2) is 17.7 Å². The van der Waals surface area contributed by atoms with Crippen LogP contribution in [0.3, 0.4) is 0 Å². The Bertz CT molecular complexity index is 596. The van der Waals surface area contributed by atoms with E-state index in [2.05, 4.69) is 0 Å². The third-order valence-corrected chi connectivity index (χ3v) is 4.26. The second kappa shape index (κ2) is 7.38. The summed E-state index contributed by atoms with van der Waals surface area (Å²) < 4.78 is 5.14. The van der Waals surface area contributed by atoms with E-state index in [1.54, 1.807) is 43.3 Å². The predicted molar refractivity (Wildman–Crippen MR) is 84.8 cm³/mol. The van der Waals surface area contributed by atoms with Crippen LogP contribution in [0.5, 0.6) is 5.75 Å². The Morgan fingerprint density at radius 2 is 1.81 bits per heavy atom. The van der Waals surface area contributed by atoms with Gasteiger partial charge in [-0.15, -0.1) is 11.8 Å². The van der Waals surface area contributed by atoms with E-state index in [-0.39, 0.29) is 11.7 Å². The predicted octanol–water partition coefficient (Wildman–Crippen LogP) is 4.44. The molecule has 0 heterocycles. The average molecular weight is 323 g/mol. The monoisotopic (exact) mass is 322 g/mol. The lowest BCUT2D eigenvalue weighted by Crippen LogP contribution is -2.13. The summed E-state index contributed by atoms with van der Waals surface area (Å²) in [6, 6.07) is 13.8. The highest BCUT2D eigenvalue weighted by atomic mass is 35.5. The van der Waals surface area contributed by atoms with Crippen LogP contribution in [0, 0.1) is 0 Å². The minimum Gasteiger partial charge on any atom is -0.508 e. The van der Waals surface area contributed by atoms with E-state index in [4.69, 9.17) is 16.3 Å². The van der Waals surface area contributed by atoms with E-state index in [0.717, 1.165) is 10.5 Å². The average Bonchev–Trinajstić information content (AvgIpc) is 2.48. The number of aromatic hydroxyl groups is 1. The van der Waals surface area contributed by atoms with Crippen molar-refractivity contribution >= 4 is 29.3 Å². The van der Waals surface area contributed by atoms with Gasteiger partial charge in [0.2, 0.25) is 0 Å². The second-order valence-corrected chi connectivity index (χ2v) is 5.91. The van der Waals surface area contributed by atoms with Crippen molar-refractivity contribution in [3.8, 4) is 5.75 Å². The number of carbonyl (C=O) groups excluding carboxylic acids is 1. The van der Waals surface area contributed by atoms with E-state index in [0.29, 0.717) is 11.6 Å². The molecule has 3 nitrogen and oxygen atoms in total. The molecule has 1 unspecified atom stereocenters. The van der Waals surface area contributed by atoms with E-state index in [1.807, 2.05) is 12.1 Å². The lowest BCUT2D eigenvalue weighted by Gasteiger charge is -2.15. The maximum absolute atomic E-state index is 12.2. The Morgan fingerprint density at radius 1 is 1.19 bits per heavy atom. The van der Waals surface area contributed by atoms with Crippen molar-refractivity contribution < 1.29 is 14.6 Å². The Hall–Kier alpha value is -1.65. The molecule has 5 heteroatoms. The highest BCUT2D eigenvalue weighted by molar-refractivity contribution is 8.00. The molecule has 2 rings (SSSR count). The second-order valence-electron chi connectivity index (χ2n) is 4.30. The zero-order valence-corrected chi connectivity index (χ0v) is 13.0. The number of carbonyl (C=O) groups is 1. The van der Waals surface area contributed by atoms with Crippen molar-refractivity contribution in [1.29, 1.82) is 0 Å². The molecule has 0 amide bonds. The fraction of sp³-hybridized carbons (Fsp3) is 0.188. The van der Waals surface area contributed by atoms with Gasteiger partial charge in [0.25, 0.3) is 0 Å². The van der Waals surface area contributed by atoms with E-state index < -0.39 is 5.25 Å². The third-order valence-electron chi connectivity index (χ3n) is 2.76. The number of thioether (sulfide) groups is 1. The molecule has 0 aliphatic carbocycles. The fourth-order valence-corrected chi connectivity index (χ4v) is 2.92. The number of esters is 1. The van der Waals surface area contributed by atoms with Gasteiger partial charge in [0, 0.05) is 9.92 Å². The first-order chi connectivity index (χ1) is 10.1. The smallest absolute Gasteiger partial charge is 0.323 e. The molecule has 110 valence electrons. The van der Waals surface area contributed by atoms with Crippen molar-refractivity contribution in [1.82, 2.24) is 0 Å². The summed E-state index contributed by atoms with van der Waals surface area (Å²) in [5, 5.41) is 9.47. The van der Waals surface area contributed by atoms with Gasteiger partial charge in [-0.2, -0.15) is 0 Å². The van der Waals surface area contributed by atoms with Gasteiger partial charge >= 0.3 is 5.97 Å². The van der Waals surface area contributed by atoms with Gasteiger partial charge in [0.15, 0.2) is 0 Å². The summed E-state index contributed by atoms with van der Waals surface area (Å²) in [7, 11) is 0. The van der Waals surface area contributed by atoms with Crippen LogP contribution >= 0.6 is 23.4 Å². The quantitative estimate of drug-likeness (QED) is 0.653. The summed E-state index contributed by atoms with van der Waals surface area (Å²) in [5.74, 6) is -0.101. The Kier molecular flexibility index (Phi) is 5.53. The van der Waals surface area contributed by atoms with Gasteiger partial charge in [-0.05, 0) is 48.9 Å². The van der Waals surface area contributed by atoms with Crippen molar-refractivity contribution in [2.45, 2.75) is 17.1 Å². The number of halogens is 1. The van der Waals surface area contributed by atoms with Crippen molar-refractivity contribution in [3.05, 3.63) is 59.1 Å². The maximum Gasteiger partial charge on any atom is 0.323 e. The maximum atomic E-state index is 12.2. The summed E-state index contributed by atoms with van der Waals surface area (Å²) in [5.41, 5.74) is 0.830. The normalized spacial score (nSPS) is 11.9. The summed E-state index contributed by atoms with van der Waals surface area (Å²) in [4.78, 5) is 13.1. The van der Waals surface area contributed by atoms with Gasteiger partial charge in [0.1, 0.15) is 11.0 Å². The molecule has 21 heavy (non-hydrogen) atoms. The van der Waals surface area contributed by atoms with Gasteiger partial charge in [-0.3, -0.25) is 4.79 Å². The lowest BCUT2D eigenvalue weighted by atomic mass is 10.1. The molecule has 0 aromatic heterocycles. The number of phenolic OH excluding ortho intramolecular Hbond substituents is 1. The topological polar surface area (TPSA) is 46.5 Å². The molecule has 0 aliphatic rings. The van der Waals surface area contributed by atoms with Gasteiger partial charge in [-0.25, -0.2) is 0 Å². The Morgan fingerprint density at radius 3 is 2.38 bits per heavy atom. The minimum absolute atomic E-state index is 0.193. The zero-order chi connectivity index (χ0) is 15.2. The Balaban J connectivity index is 2.25. The number of phenols is 1. The molecule has 0 saturated carbocycles. The zero-order valence-electron chi connectivity index (χ0n) is 11.5. The minimum atomic E-state index is -0.466. The first kappa shape index (κ1) is 15.7. The molecule has 1 atom stereocenters. The van der Waals surface area contributed by atoms with Crippen LogP contribution in [0.15, 0.2) is 53.4 Å². The van der Waals surface area contributed by atoms with Crippen LogP contribution in [0.25, 0.3) is 0 Å². The van der Waals surface area contributed by atoms with E-state index in [1.165, 1.54) is 11.8 Å². The highest BCUT2D eigenvalue weighted by Gasteiger charge is 2.23. The first-order valence-electron chi connectivity index (χ1n) is 6.48. The molecule has 0 bridgehead atoms. The van der Waals surface area contributed by atoms with Gasteiger partial charge in [-0.1, -0.05) is 23.7 Å². The standard InChI is InChI=1S/C16H15ClO3S/c1-2-20-16(19)15(11-3-5-12(17)6-4-11)21-14-9-7-13(18)8-10-14/h3-10,15,18H,2H2,1H3. The van der Waals surface area contributed by atoms with Gasteiger partial charge in [0.05, 0.1) is 6.61 Å². The SMILES string of the molecule is CCOC(=O)C(Sc1ccc(O)cc1)c1ccc(Cl)cc1. The van der Waals surface area contributed by atoms with Crippen molar-refractivity contribution in [2.24, 2.45) is 0 Å². The number of hydrogen-bond acceptors (Lipinski definition) is 4. The Labute approximate surface area is 132 Å². The van der Waals surface area contributed by atoms with Crippen LogP contribution in [0.4, 0.5) is 0 Å². The molecular weight excluding hydrogens is 308 g/mol. The molecule has 2 aromatic rings. The van der Waals surface area contributed by atoms with Crippen LogP contribution in [0.1, 0.15) is 17.7 Å². The molecule has 0 saturated heterocycles. The van der Waals surface area contributed by atoms with E-state index in [9.17, 15) is 9.90 Å². The molecule has 0 radical (unpaired) electrons. The van der Waals surface area contributed by atoms with E-state index >= 15 is 0 Å². The summed E-state index contributed by atoms with van der Waals surface area (Å²) in [6.07, 6.45) is 0. The number of hydrogen-bond donors (Lipinski definition) is 1. The molecule has 0 fully saturated rings. The number of ether oxygens (including phenoxy) is 1. The number of benzene rings is 2. The lowest BCUT2D eigenvalue weighted by molar-refractivity contribution is -0.142. The first-order valence-corrected chi connectivity index (χ1v) is 7.73. The third kappa shape index (κ3) is 4.41. The highest BCUT2D eigenvalue weighted by Crippen LogP contribution is 2.37. The molecule has 1 N–H and O–H groups in total. The van der Waals surface area contributed by atoms with Crippen LogP contribution in [-0.2, 0) is 9.53 Å². The number of rotatable bonds is 5. The van der Waals surface area contributed by atoms with Crippen molar-refractivity contribution in [3.63, 3.8) is 0 Å². The largest absolute Gasteiger partial charge is 0.508 e. The molecule has 2 aromatic carbocycles. The van der Waals surface area contributed by atoms with Crippen LogP contribution in [0.2, 0.25) is 5.02 Å². The molecular formula is C16H15ClO3S. The molecule has 0 aliphatic heterocycles. The van der Waals surface area contributed by atoms with Gasteiger partial charge < -0.3 is 9.84 Å². The molecule has 0 spiro atoms. The summed E-state index contributed by atoms with van der Waals surface area (Å²) in [6.45, 7) is 2.11. The van der Waals surface area contributed by atoms with Crippen molar-refractivity contribution in [2.75, 3.05) is 6.61 Å². The fourth-order valence-electron chi connectivity index (χ4n) is 1.77. The van der Waals surface area contributed by atoms with Crippen LogP contribution < -0.4 is 0 Å².